The Bertz CT molecular complexity index is 892. The zero-order valence-corrected chi connectivity index (χ0v) is 20.3. The summed E-state index contributed by atoms with van der Waals surface area (Å²) in [6.07, 6.45) is 14.2. The quantitative estimate of drug-likeness (QED) is 0.206. The van der Waals surface area contributed by atoms with E-state index in [1.807, 2.05) is 60.7 Å². The number of benzene rings is 2. The van der Waals surface area contributed by atoms with Crippen molar-refractivity contribution in [1.29, 1.82) is 5.26 Å². The molecular formula is C29H37NO3. The van der Waals surface area contributed by atoms with Gasteiger partial charge in [-0.15, -0.1) is 0 Å². The van der Waals surface area contributed by atoms with Gasteiger partial charge in [-0.2, -0.15) is 5.26 Å². The Balaban J connectivity index is 2.25. The molecule has 0 aliphatic heterocycles. The van der Waals surface area contributed by atoms with E-state index in [9.17, 15) is 0 Å². The normalized spacial score (nSPS) is 11.1. The molecule has 2 aromatic carbocycles. The first-order chi connectivity index (χ1) is 16.2. The van der Waals surface area contributed by atoms with Gasteiger partial charge in [-0.05, 0) is 54.7 Å². The summed E-state index contributed by atoms with van der Waals surface area (Å²) >= 11 is 0. The molecule has 0 heterocycles. The van der Waals surface area contributed by atoms with E-state index in [-0.39, 0.29) is 0 Å². The molecule has 0 amide bonds. The lowest BCUT2D eigenvalue weighted by Gasteiger charge is -2.18. The van der Waals surface area contributed by atoms with Crippen molar-refractivity contribution in [1.82, 2.24) is 0 Å². The van der Waals surface area contributed by atoms with Crippen LogP contribution in [0, 0.1) is 11.3 Å². The molecule has 0 aromatic heterocycles. The minimum Gasteiger partial charge on any atom is -0.490 e. The molecule has 2 rings (SSSR count). The fourth-order valence-corrected chi connectivity index (χ4v) is 3.02. The fraction of sp³-hybridized carbons (Fsp3) is 0.414. The third kappa shape index (κ3) is 9.45. The first-order valence-electron chi connectivity index (χ1n) is 12.1. The molecule has 0 saturated heterocycles. The monoisotopic (exact) mass is 447 g/mol. The van der Waals surface area contributed by atoms with Gasteiger partial charge in [-0.3, -0.25) is 0 Å². The number of rotatable bonds is 15. The standard InChI is InChI=1S/C29H37NO3/c1-4-7-18-31-27-21-26(13-11-10-12-24-14-16-25(23-30)17-15-24)22-28(32-19-8-5-2)29(27)33-20-9-6-3/h10-17,21-22H,4-9,18-20H2,1-3H3/b12-10+,13-11+. The van der Waals surface area contributed by atoms with Crippen LogP contribution < -0.4 is 14.2 Å². The summed E-state index contributed by atoms with van der Waals surface area (Å²) in [6.45, 7) is 8.41. The number of ether oxygens (including phenoxy) is 3. The summed E-state index contributed by atoms with van der Waals surface area (Å²) in [5, 5.41) is 8.92. The van der Waals surface area contributed by atoms with Crippen molar-refractivity contribution in [3.8, 4) is 23.3 Å². The Kier molecular flexibility index (Phi) is 12.3. The van der Waals surface area contributed by atoms with E-state index in [4.69, 9.17) is 19.5 Å². The molecule has 0 fully saturated rings. The Morgan fingerprint density at radius 3 is 1.67 bits per heavy atom. The number of hydrogen-bond donors (Lipinski definition) is 0. The van der Waals surface area contributed by atoms with Gasteiger partial charge < -0.3 is 14.2 Å². The van der Waals surface area contributed by atoms with Gasteiger partial charge in [0.15, 0.2) is 11.5 Å². The first-order valence-corrected chi connectivity index (χ1v) is 12.1. The van der Waals surface area contributed by atoms with Crippen LogP contribution in [-0.2, 0) is 0 Å². The van der Waals surface area contributed by atoms with Crippen molar-refractivity contribution in [2.75, 3.05) is 19.8 Å². The van der Waals surface area contributed by atoms with Crippen LogP contribution in [0.15, 0.2) is 48.6 Å². The lowest BCUT2D eigenvalue weighted by Crippen LogP contribution is -2.06. The molecule has 4 nitrogen and oxygen atoms in total. The van der Waals surface area contributed by atoms with Gasteiger partial charge in [-0.25, -0.2) is 0 Å². The summed E-state index contributed by atoms with van der Waals surface area (Å²) in [4.78, 5) is 0. The van der Waals surface area contributed by atoms with Gasteiger partial charge in [0.2, 0.25) is 5.75 Å². The molecule has 0 atom stereocenters. The molecular weight excluding hydrogens is 410 g/mol. The summed E-state index contributed by atoms with van der Waals surface area (Å²) < 4.78 is 18.3. The molecule has 0 bridgehead atoms. The van der Waals surface area contributed by atoms with E-state index >= 15 is 0 Å². The van der Waals surface area contributed by atoms with E-state index in [0.29, 0.717) is 31.1 Å². The second-order valence-electron chi connectivity index (χ2n) is 7.90. The van der Waals surface area contributed by atoms with Gasteiger partial charge in [0.1, 0.15) is 0 Å². The zero-order valence-electron chi connectivity index (χ0n) is 20.3. The van der Waals surface area contributed by atoms with Crippen LogP contribution in [0.1, 0.15) is 76.0 Å². The number of nitrogens with zero attached hydrogens (tertiary/aromatic N) is 1. The lowest BCUT2D eigenvalue weighted by molar-refractivity contribution is 0.237. The average Bonchev–Trinajstić information content (AvgIpc) is 2.84. The second-order valence-corrected chi connectivity index (χ2v) is 7.90. The maximum absolute atomic E-state index is 8.92. The Morgan fingerprint density at radius 2 is 1.18 bits per heavy atom. The van der Waals surface area contributed by atoms with E-state index in [1.165, 1.54) is 0 Å². The van der Waals surface area contributed by atoms with Crippen LogP contribution in [-0.4, -0.2) is 19.8 Å². The third-order valence-corrected chi connectivity index (χ3v) is 5.03. The van der Waals surface area contributed by atoms with Crippen LogP contribution >= 0.6 is 0 Å². The van der Waals surface area contributed by atoms with Crippen LogP contribution in [0.4, 0.5) is 0 Å². The maximum atomic E-state index is 8.92. The number of hydrogen-bond acceptors (Lipinski definition) is 4. The van der Waals surface area contributed by atoms with Gasteiger partial charge in [-0.1, -0.05) is 76.5 Å². The SMILES string of the molecule is CCCCOc1cc(/C=C/C=C/c2ccc(C#N)cc2)cc(OCCCC)c1OCCCC. The first kappa shape index (κ1) is 26.1. The van der Waals surface area contributed by atoms with Gasteiger partial charge in [0, 0.05) is 0 Å². The van der Waals surface area contributed by atoms with E-state index in [0.717, 1.165) is 61.2 Å². The molecule has 176 valence electrons. The third-order valence-electron chi connectivity index (χ3n) is 5.03. The fourth-order valence-electron chi connectivity index (χ4n) is 3.02. The summed E-state index contributed by atoms with van der Waals surface area (Å²) in [7, 11) is 0. The molecule has 0 N–H and O–H groups in total. The smallest absolute Gasteiger partial charge is 0.203 e. The Morgan fingerprint density at radius 1 is 0.697 bits per heavy atom. The van der Waals surface area contributed by atoms with Crippen molar-refractivity contribution in [2.24, 2.45) is 0 Å². The predicted molar refractivity (Wildman–Crippen MR) is 137 cm³/mol. The van der Waals surface area contributed by atoms with Crippen LogP contribution in [0.5, 0.6) is 17.2 Å². The summed E-state index contributed by atoms with van der Waals surface area (Å²) in [5.74, 6) is 2.19. The highest BCUT2D eigenvalue weighted by Crippen LogP contribution is 2.40. The van der Waals surface area contributed by atoms with E-state index < -0.39 is 0 Å². The molecule has 0 radical (unpaired) electrons. The van der Waals surface area contributed by atoms with Gasteiger partial charge in [0.05, 0.1) is 31.5 Å². The van der Waals surface area contributed by atoms with Crippen molar-refractivity contribution < 1.29 is 14.2 Å². The molecule has 0 aliphatic carbocycles. The topological polar surface area (TPSA) is 51.5 Å². The maximum Gasteiger partial charge on any atom is 0.203 e. The average molecular weight is 448 g/mol. The number of unbranched alkanes of at least 4 members (excludes halogenated alkanes) is 3. The largest absolute Gasteiger partial charge is 0.490 e. The minimum absolute atomic E-state index is 0.646. The summed E-state index contributed by atoms with van der Waals surface area (Å²) in [5.41, 5.74) is 2.71. The van der Waals surface area contributed by atoms with Gasteiger partial charge in [0.25, 0.3) is 0 Å². The highest BCUT2D eigenvalue weighted by atomic mass is 16.5. The van der Waals surface area contributed by atoms with Crippen molar-refractivity contribution in [3.63, 3.8) is 0 Å². The Hall–Kier alpha value is -3.19. The predicted octanol–water partition coefficient (Wildman–Crippen LogP) is 7.82. The molecule has 0 aliphatic rings. The molecule has 0 spiro atoms. The minimum atomic E-state index is 0.646. The summed E-state index contributed by atoms with van der Waals surface area (Å²) in [6, 6.07) is 13.7. The number of nitriles is 1. The van der Waals surface area contributed by atoms with Crippen molar-refractivity contribution in [3.05, 3.63) is 65.2 Å². The van der Waals surface area contributed by atoms with Crippen molar-refractivity contribution in [2.45, 2.75) is 59.3 Å². The lowest BCUT2D eigenvalue weighted by atomic mass is 10.1. The molecule has 0 unspecified atom stereocenters. The molecule has 0 saturated carbocycles. The molecule has 33 heavy (non-hydrogen) atoms. The number of allylic oxidation sites excluding steroid dienone is 2. The van der Waals surface area contributed by atoms with E-state index in [2.05, 4.69) is 26.8 Å². The van der Waals surface area contributed by atoms with Gasteiger partial charge >= 0.3 is 0 Å². The highest BCUT2D eigenvalue weighted by Gasteiger charge is 2.15. The second kappa shape index (κ2) is 15.6. The Labute approximate surface area is 199 Å². The highest BCUT2D eigenvalue weighted by molar-refractivity contribution is 5.64. The van der Waals surface area contributed by atoms with Crippen LogP contribution in [0.3, 0.4) is 0 Å². The molecule has 4 heteroatoms. The van der Waals surface area contributed by atoms with Crippen molar-refractivity contribution >= 4 is 12.2 Å². The zero-order chi connectivity index (χ0) is 23.7. The van der Waals surface area contributed by atoms with E-state index in [1.54, 1.807) is 0 Å². The van der Waals surface area contributed by atoms with Crippen LogP contribution in [0.2, 0.25) is 0 Å². The molecule has 2 aromatic rings. The van der Waals surface area contributed by atoms with Crippen LogP contribution in [0.25, 0.3) is 12.2 Å².